The minimum absolute atomic E-state index is 0.684. The van der Waals surface area contributed by atoms with Crippen LogP contribution in [0.25, 0.3) is 0 Å². The van der Waals surface area contributed by atoms with Crippen molar-refractivity contribution in [1.29, 1.82) is 0 Å². The van der Waals surface area contributed by atoms with Crippen LogP contribution in [0.15, 0.2) is 18.2 Å². The average Bonchev–Trinajstić information content (AvgIpc) is 2.25. The molecule has 0 saturated carbocycles. The second-order valence-electron chi connectivity index (χ2n) is 2.87. The van der Waals surface area contributed by atoms with Gasteiger partial charge in [0.05, 0.1) is 20.8 Å². The van der Waals surface area contributed by atoms with Crippen molar-refractivity contribution in [3.63, 3.8) is 0 Å². The Morgan fingerprint density at radius 3 is 2.43 bits per heavy atom. The fraction of sp³-hybridized carbons (Fsp3) is 0.455. The van der Waals surface area contributed by atoms with Gasteiger partial charge in [-0.1, -0.05) is 6.92 Å². The molecule has 0 aliphatic carbocycles. The van der Waals surface area contributed by atoms with E-state index in [-0.39, 0.29) is 0 Å². The molecule has 0 heterocycles. The summed E-state index contributed by atoms with van der Waals surface area (Å²) in [6, 6.07) is 5.51. The van der Waals surface area contributed by atoms with Crippen molar-refractivity contribution in [3.8, 4) is 17.2 Å². The first-order chi connectivity index (χ1) is 6.81. The zero-order valence-corrected chi connectivity index (χ0v) is 8.87. The third kappa shape index (κ3) is 2.55. The fourth-order valence-electron chi connectivity index (χ4n) is 1.11. The minimum Gasteiger partial charge on any atom is -0.497 e. The summed E-state index contributed by atoms with van der Waals surface area (Å²) in [6.07, 6.45) is 0.973. The van der Waals surface area contributed by atoms with Gasteiger partial charge >= 0.3 is 0 Å². The van der Waals surface area contributed by atoms with Crippen molar-refractivity contribution in [2.75, 3.05) is 20.8 Å². The van der Waals surface area contributed by atoms with Crippen LogP contribution in [-0.2, 0) is 0 Å². The first kappa shape index (κ1) is 10.7. The van der Waals surface area contributed by atoms with Gasteiger partial charge < -0.3 is 14.2 Å². The topological polar surface area (TPSA) is 27.7 Å². The van der Waals surface area contributed by atoms with E-state index in [1.54, 1.807) is 14.2 Å². The van der Waals surface area contributed by atoms with E-state index in [2.05, 4.69) is 6.92 Å². The number of benzene rings is 1. The summed E-state index contributed by atoms with van der Waals surface area (Å²) in [5.74, 6) is 2.24. The van der Waals surface area contributed by atoms with E-state index in [4.69, 9.17) is 14.2 Å². The van der Waals surface area contributed by atoms with E-state index in [1.807, 2.05) is 18.2 Å². The lowest BCUT2D eigenvalue weighted by Crippen LogP contribution is -1.98. The zero-order valence-electron chi connectivity index (χ0n) is 8.87. The molecule has 0 saturated heterocycles. The number of hydrogen-bond donors (Lipinski definition) is 0. The summed E-state index contributed by atoms with van der Waals surface area (Å²) in [7, 11) is 3.26. The van der Waals surface area contributed by atoms with Crippen LogP contribution in [0.1, 0.15) is 13.3 Å². The van der Waals surface area contributed by atoms with Crippen LogP contribution >= 0.6 is 0 Å². The van der Waals surface area contributed by atoms with Gasteiger partial charge in [-0.15, -0.1) is 0 Å². The quantitative estimate of drug-likeness (QED) is 0.724. The Labute approximate surface area is 84.6 Å². The highest BCUT2D eigenvalue weighted by molar-refractivity contribution is 5.45. The lowest BCUT2D eigenvalue weighted by atomic mass is 10.3. The molecule has 0 fully saturated rings. The van der Waals surface area contributed by atoms with Gasteiger partial charge in [0.25, 0.3) is 0 Å². The molecule has 0 aliphatic heterocycles. The highest BCUT2D eigenvalue weighted by atomic mass is 16.5. The van der Waals surface area contributed by atoms with E-state index in [0.717, 1.165) is 23.7 Å². The predicted octanol–water partition coefficient (Wildman–Crippen LogP) is 2.49. The molecular formula is C11H16O3. The molecule has 14 heavy (non-hydrogen) atoms. The first-order valence-corrected chi connectivity index (χ1v) is 4.66. The molecular weight excluding hydrogens is 180 g/mol. The van der Waals surface area contributed by atoms with Gasteiger partial charge in [-0.25, -0.2) is 0 Å². The molecule has 0 atom stereocenters. The highest BCUT2D eigenvalue weighted by Crippen LogP contribution is 2.31. The second-order valence-corrected chi connectivity index (χ2v) is 2.87. The SMILES string of the molecule is CCCOc1cc(OC)ccc1OC. The van der Waals surface area contributed by atoms with Gasteiger partial charge in [-0.3, -0.25) is 0 Å². The van der Waals surface area contributed by atoms with E-state index < -0.39 is 0 Å². The van der Waals surface area contributed by atoms with Crippen molar-refractivity contribution in [2.24, 2.45) is 0 Å². The van der Waals surface area contributed by atoms with Crippen LogP contribution in [0.4, 0.5) is 0 Å². The Morgan fingerprint density at radius 1 is 1.07 bits per heavy atom. The fourth-order valence-corrected chi connectivity index (χ4v) is 1.11. The standard InChI is InChI=1S/C11H16O3/c1-4-7-14-11-8-9(12-2)5-6-10(11)13-3/h5-6,8H,4,7H2,1-3H3. The average molecular weight is 196 g/mol. The van der Waals surface area contributed by atoms with Gasteiger partial charge in [0.1, 0.15) is 5.75 Å². The van der Waals surface area contributed by atoms with Crippen LogP contribution in [0, 0.1) is 0 Å². The van der Waals surface area contributed by atoms with Gasteiger partial charge in [0.2, 0.25) is 0 Å². The molecule has 0 radical (unpaired) electrons. The summed E-state index contributed by atoms with van der Waals surface area (Å²) in [5, 5.41) is 0. The lowest BCUT2D eigenvalue weighted by Gasteiger charge is -2.10. The first-order valence-electron chi connectivity index (χ1n) is 4.66. The maximum Gasteiger partial charge on any atom is 0.164 e. The summed E-state index contributed by atoms with van der Waals surface area (Å²) in [6.45, 7) is 2.75. The molecule has 0 amide bonds. The molecule has 0 bridgehead atoms. The molecule has 78 valence electrons. The van der Waals surface area contributed by atoms with Crippen molar-refractivity contribution < 1.29 is 14.2 Å². The molecule has 0 aromatic heterocycles. The van der Waals surface area contributed by atoms with Crippen LogP contribution in [0.3, 0.4) is 0 Å². The van der Waals surface area contributed by atoms with E-state index in [1.165, 1.54) is 0 Å². The predicted molar refractivity (Wildman–Crippen MR) is 55.3 cm³/mol. The van der Waals surface area contributed by atoms with Crippen molar-refractivity contribution in [1.82, 2.24) is 0 Å². The van der Waals surface area contributed by atoms with Gasteiger partial charge in [-0.05, 0) is 18.6 Å². The van der Waals surface area contributed by atoms with Crippen LogP contribution in [-0.4, -0.2) is 20.8 Å². The molecule has 0 unspecified atom stereocenters. The maximum absolute atomic E-state index is 5.51. The Balaban J connectivity index is 2.84. The van der Waals surface area contributed by atoms with E-state index in [0.29, 0.717) is 6.61 Å². The number of rotatable bonds is 5. The number of hydrogen-bond acceptors (Lipinski definition) is 3. The molecule has 1 aromatic carbocycles. The Hall–Kier alpha value is -1.38. The molecule has 1 aromatic rings. The van der Waals surface area contributed by atoms with Gasteiger partial charge in [0, 0.05) is 6.07 Å². The van der Waals surface area contributed by atoms with Crippen LogP contribution in [0.5, 0.6) is 17.2 Å². The molecule has 0 N–H and O–H groups in total. The third-order valence-corrected chi connectivity index (χ3v) is 1.83. The summed E-state index contributed by atoms with van der Waals surface area (Å²) in [4.78, 5) is 0. The largest absolute Gasteiger partial charge is 0.497 e. The summed E-state index contributed by atoms with van der Waals surface area (Å²) >= 11 is 0. The number of methoxy groups -OCH3 is 2. The Bertz CT molecular complexity index is 284. The lowest BCUT2D eigenvalue weighted by molar-refractivity contribution is 0.291. The molecule has 1 rings (SSSR count). The van der Waals surface area contributed by atoms with E-state index >= 15 is 0 Å². The number of ether oxygens (including phenoxy) is 3. The monoisotopic (exact) mass is 196 g/mol. The summed E-state index contributed by atoms with van der Waals surface area (Å²) in [5.41, 5.74) is 0. The van der Waals surface area contributed by atoms with E-state index in [9.17, 15) is 0 Å². The molecule has 0 spiro atoms. The molecule has 3 heteroatoms. The van der Waals surface area contributed by atoms with Gasteiger partial charge in [0.15, 0.2) is 11.5 Å². The molecule has 0 aliphatic rings. The summed E-state index contributed by atoms with van der Waals surface area (Å²) < 4.78 is 15.8. The Kier molecular flexibility index (Phi) is 4.11. The minimum atomic E-state index is 0.684. The second kappa shape index (κ2) is 5.37. The highest BCUT2D eigenvalue weighted by Gasteiger charge is 2.05. The zero-order chi connectivity index (χ0) is 10.4. The maximum atomic E-state index is 5.51. The van der Waals surface area contributed by atoms with Gasteiger partial charge in [-0.2, -0.15) is 0 Å². The van der Waals surface area contributed by atoms with Crippen molar-refractivity contribution >= 4 is 0 Å². The smallest absolute Gasteiger partial charge is 0.164 e. The Morgan fingerprint density at radius 2 is 1.86 bits per heavy atom. The normalized spacial score (nSPS) is 9.64. The van der Waals surface area contributed by atoms with Crippen LogP contribution < -0.4 is 14.2 Å². The third-order valence-electron chi connectivity index (χ3n) is 1.83. The van der Waals surface area contributed by atoms with Crippen molar-refractivity contribution in [3.05, 3.63) is 18.2 Å². The van der Waals surface area contributed by atoms with Crippen molar-refractivity contribution in [2.45, 2.75) is 13.3 Å². The molecule has 3 nitrogen and oxygen atoms in total. The van der Waals surface area contributed by atoms with Crippen LogP contribution in [0.2, 0.25) is 0 Å².